The van der Waals surface area contributed by atoms with Crippen LogP contribution < -0.4 is 10.2 Å². The molecular weight excluding hydrogens is 264 g/mol. The van der Waals surface area contributed by atoms with E-state index in [1.807, 2.05) is 12.1 Å². The Balaban J connectivity index is 1.83. The number of unbranched alkanes of at least 4 members (excludes halogenated alkanes) is 3. The van der Waals surface area contributed by atoms with Gasteiger partial charge in [0.05, 0.1) is 0 Å². The molecule has 1 aromatic rings. The van der Waals surface area contributed by atoms with E-state index in [9.17, 15) is 9.59 Å². The van der Waals surface area contributed by atoms with Crippen LogP contribution in [0.3, 0.4) is 0 Å². The number of nitrogens with one attached hydrogen (secondary N) is 1. The second kappa shape index (κ2) is 7.81. The number of rotatable bonds is 7. The molecule has 4 heteroatoms. The molecule has 0 spiro atoms. The first kappa shape index (κ1) is 15.5. The minimum absolute atomic E-state index is 0.0363. The fourth-order valence-corrected chi connectivity index (χ4v) is 2.57. The summed E-state index contributed by atoms with van der Waals surface area (Å²) in [4.78, 5) is 25.4. The number of anilines is 1. The van der Waals surface area contributed by atoms with E-state index >= 15 is 0 Å². The van der Waals surface area contributed by atoms with Crippen molar-refractivity contribution in [3.05, 3.63) is 29.8 Å². The number of carbonyl (C=O) groups excluding carboxylic acids is 2. The summed E-state index contributed by atoms with van der Waals surface area (Å²) in [7, 11) is 0. The highest BCUT2D eigenvalue weighted by Gasteiger charge is 2.21. The average molecular weight is 288 g/mol. The monoisotopic (exact) mass is 288 g/mol. The summed E-state index contributed by atoms with van der Waals surface area (Å²) in [6, 6.07) is 7.30. The zero-order valence-corrected chi connectivity index (χ0v) is 12.7. The maximum absolute atomic E-state index is 12.0. The smallest absolute Gasteiger partial charge is 0.251 e. The second-order valence-electron chi connectivity index (χ2n) is 5.51. The van der Waals surface area contributed by atoms with Crippen LogP contribution in [0.2, 0.25) is 0 Å². The normalized spacial score (nSPS) is 14.5. The molecule has 1 aliphatic heterocycles. The summed E-state index contributed by atoms with van der Waals surface area (Å²) in [6.07, 6.45) is 6.14. The molecule has 1 aliphatic rings. The van der Waals surface area contributed by atoms with Gasteiger partial charge >= 0.3 is 0 Å². The molecule has 114 valence electrons. The SMILES string of the molecule is CCCCCCNC(=O)c1ccc(N2CCCC2=O)cc1. The molecule has 0 unspecified atom stereocenters. The van der Waals surface area contributed by atoms with Crippen molar-refractivity contribution in [3.8, 4) is 0 Å². The van der Waals surface area contributed by atoms with E-state index in [1.165, 1.54) is 12.8 Å². The molecule has 2 amide bonds. The molecule has 2 rings (SSSR count). The highest BCUT2D eigenvalue weighted by atomic mass is 16.2. The molecular formula is C17H24N2O2. The lowest BCUT2D eigenvalue weighted by Crippen LogP contribution is -2.25. The van der Waals surface area contributed by atoms with Crippen molar-refractivity contribution in [2.24, 2.45) is 0 Å². The lowest BCUT2D eigenvalue weighted by atomic mass is 10.1. The summed E-state index contributed by atoms with van der Waals surface area (Å²) in [5.74, 6) is 0.133. The van der Waals surface area contributed by atoms with E-state index in [4.69, 9.17) is 0 Å². The van der Waals surface area contributed by atoms with Crippen LogP contribution in [0.1, 0.15) is 55.8 Å². The van der Waals surface area contributed by atoms with E-state index < -0.39 is 0 Å². The van der Waals surface area contributed by atoms with Crippen molar-refractivity contribution in [3.63, 3.8) is 0 Å². The summed E-state index contributed by atoms with van der Waals surface area (Å²) in [6.45, 7) is 3.68. The Morgan fingerprint density at radius 1 is 1.19 bits per heavy atom. The van der Waals surface area contributed by atoms with Gasteiger partial charge in [0, 0.05) is 30.8 Å². The van der Waals surface area contributed by atoms with Gasteiger partial charge in [0.15, 0.2) is 0 Å². The fraction of sp³-hybridized carbons (Fsp3) is 0.529. The van der Waals surface area contributed by atoms with Gasteiger partial charge in [0.2, 0.25) is 5.91 Å². The van der Waals surface area contributed by atoms with Gasteiger partial charge in [-0.25, -0.2) is 0 Å². The third kappa shape index (κ3) is 4.31. The van der Waals surface area contributed by atoms with Crippen LogP contribution in [0.5, 0.6) is 0 Å². The zero-order valence-electron chi connectivity index (χ0n) is 12.7. The van der Waals surface area contributed by atoms with Crippen LogP contribution in [0.25, 0.3) is 0 Å². The maximum atomic E-state index is 12.0. The molecule has 0 atom stereocenters. The lowest BCUT2D eigenvalue weighted by Gasteiger charge is -2.15. The highest BCUT2D eigenvalue weighted by Crippen LogP contribution is 2.21. The Hall–Kier alpha value is -1.84. The van der Waals surface area contributed by atoms with E-state index in [2.05, 4.69) is 12.2 Å². The molecule has 4 nitrogen and oxygen atoms in total. The summed E-state index contributed by atoms with van der Waals surface area (Å²) < 4.78 is 0. The molecule has 0 aliphatic carbocycles. The molecule has 1 aromatic carbocycles. The molecule has 0 bridgehead atoms. The first-order chi connectivity index (χ1) is 10.2. The largest absolute Gasteiger partial charge is 0.352 e. The van der Waals surface area contributed by atoms with Gasteiger partial charge in [-0.05, 0) is 37.1 Å². The summed E-state index contributed by atoms with van der Waals surface area (Å²) in [5, 5.41) is 2.94. The molecule has 0 radical (unpaired) electrons. The van der Waals surface area contributed by atoms with Crippen molar-refractivity contribution in [1.82, 2.24) is 5.32 Å². The molecule has 0 saturated carbocycles. The van der Waals surface area contributed by atoms with Crippen LogP contribution in [0, 0.1) is 0 Å². The van der Waals surface area contributed by atoms with Crippen molar-refractivity contribution in [2.45, 2.75) is 45.4 Å². The third-order valence-corrected chi connectivity index (χ3v) is 3.83. The van der Waals surface area contributed by atoms with Gasteiger partial charge < -0.3 is 10.2 Å². The lowest BCUT2D eigenvalue weighted by molar-refractivity contribution is -0.117. The van der Waals surface area contributed by atoms with E-state index in [0.29, 0.717) is 12.0 Å². The Morgan fingerprint density at radius 3 is 2.57 bits per heavy atom. The first-order valence-corrected chi connectivity index (χ1v) is 7.91. The fourth-order valence-electron chi connectivity index (χ4n) is 2.57. The molecule has 1 saturated heterocycles. The molecule has 1 heterocycles. The van der Waals surface area contributed by atoms with Crippen LogP contribution in [-0.4, -0.2) is 24.9 Å². The first-order valence-electron chi connectivity index (χ1n) is 7.91. The van der Waals surface area contributed by atoms with E-state index in [0.717, 1.165) is 38.0 Å². The minimum atomic E-state index is -0.0363. The number of amides is 2. The molecule has 0 aromatic heterocycles. The van der Waals surface area contributed by atoms with E-state index in [1.54, 1.807) is 17.0 Å². The van der Waals surface area contributed by atoms with Crippen molar-refractivity contribution >= 4 is 17.5 Å². The number of benzene rings is 1. The third-order valence-electron chi connectivity index (χ3n) is 3.83. The van der Waals surface area contributed by atoms with Gasteiger partial charge in [-0.2, -0.15) is 0 Å². The van der Waals surface area contributed by atoms with Crippen molar-refractivity contribution in [1.29, 1.82) is 0 Å². The summed E-state index contributed by atoms with van der Waals surface area (Å²) >= 11 is 0. The van der Waals surface area contributed by atoms with Crippen molar-refractivity contribution < 1.29 is 9.59 Å². The summed E-state index contributed by atoms with van der Waals surface area (Å²) in [5.41, 5.74) is 1.54. The predicted molar refractivity (Wildman–Crippen MR) is 84.5 cm³/mol. The van der Waals surface area contributed by atoms with Gasteiger partial charge in [0.1, 0.15) is 0 Å². The molecule has 1 N–H and O–H groups in total. The van der Waals surface area contributed by atoms with Gasteiger partial charge in [-0.1, -0.05) is 26.2 Å². The Morgan fingerprint density at radius 2 is 1.95 bits per heavy atom. The Bertz CT molecular complexity index is 482. The number of nitrogens with zero attached hydrogens (tertiary/aromatic N) is 1. The number of hydrogen-bond donors (Lipinski definition) is 1. The predicted octanol–water partition coefficient (Wildman–Crippen LogP) is 3.12. The minimum Gasteiger partial charge on any atom is -0.352 e. The quantitative estimate of drug-likeness (QED) is 0.784. The Kier molecular flexibility index (Phi) is 5.78. The standard InChI is InChI=1S/C17H24N2O2/c1-2-3-4-5-12-18-17(21)14-8-10-15(11-9-14)19-13-6-7-16(19)20/h8-11H,2-7,12-13H2,1H3,(H,18,21). The molecule has 1 fully saturated rings. The Labute approximate surface area is 126 Å². The number of hydrogen-bond acceptors (Lipinski definition) is 2. The molecule has 21 heavy (non-hydrogen) atoms. The van der Waals surface area contributed by atoms with Crippen molar-refractivity contribution in [2.75, 3.05) is 18.0 Å². The maximum Gasteiger partial charge on any atom is 0.251 e. The van der Waals surface area contributed by atoms with E-state index in [-0.39, 0.29) is 11.8 Å². The van der Waals surface area contributed by atoms with Crippen LogP contribution in [-0.2, 0) is 4.79 Å². The average Bonchev–Trinajstić information content (AvgIpc) is 2.93. The second-order valence-corrected chi connectivity index (χ2v) is 5.51. The topological polar surface area (TPSA) is 49.4 Å². The van der Waals surface area contributed by atoms with Gasteiger partial charge in [-0.15, -0.1) is 0 Å². The van der Waals surface area contributed by atoms with Gasteiger partial charge in [0.25, 0.3) is 5.91 Å². The number of carbonyl (C=O) groups is 2. The highest BCUT2D eigenvalue weighted by molar-refractivity contribution is 5.97. The van der Waals surface area contributed by atoms with Crippen LogP contribution >= 0.6 is 0 Å². The zero-order chi connectivity index (χ0) is 15.1. The van der Waals surface area contributed by atoms with Gasteiger partial charge in [-0.3, -0.25) is 9.59 Å². The van der Waals surface area contributed by atoms with Crippen LogP contribution in [0.4, 0.5) is 5.69 Å². The van der Waals surface area contributed by atoms with Crippen LogP contribution in [0.15, 0.2) is 24.3 Å².